The highest BCUT2D eigenvalue weighted by molar-refractivity contribution is 5.85. The van der Waals surface area contributed by atoms with Crippen molar-refractivity contribution >= 4 is 23.2 Å². The molecule has 2 heterocycles. The summed E-state index contributed by atoms with van der Waals surface area (Å²) in [6.45, 7) is 2.71. The lowest BCUT2D eigenvalue weighted by Crippen LogP contribution is -2.42. The average Bonchev–Trinajstić information content (AvgIpc) is 2.86. The second-order valence-corrected chi connectivity index (χ2v) is 6.45. The molecule has 4 heteroatoms. The van der Waals surface area contributed by atoms with Gasteiger partial charge in [-0.3, -0.25) is 0 Å². The fourth-order valence-corrected chi connectivity index (χ4v) is 3.83. The molecule has 2 aliphatic heterocycles. The van der Waals surface area contributed by atoms with Crippen molar-refractivity contribution in [2.45, 2.75) is 50.8 Å². The highest BCUT2D eigenvalue weighted by atomic mass is 35.5. The third-order valence-corrected chi connectivity index (χ3v) is 4.83. The number of nitrogens with one attached hydrogen (secondary N) is 1. The van der Waals surface area contributed by atoms with Crippen LogP contribution >= 0.6 is 12.4 Å². The predicted molar refractivity (Wildman–Crippen MR) is 96.0 cm³/mol. The van der Waals surface area contributed by atoms with E-state index in [0.29, 0.717) is 24.8 Å². The Balaban J connectivity index is 0.00000156. The van der Waals surface area contributed by atoms with Crippen molar-refractivity contribution in [3.8, 4) is 11.5 Å². The molecular formula is C19H24ClNO2. The zero-order valence-corrected chi connectivity index (χ0v) is 14.3. The molecule has 2 atom stereocenters. The van der Waals surface area contributed by atoms with Crippen LogP contribution < -0.4 is 14.8 Å². The van der Waals surface area contributed by atoms with Crippen molar-refractivity contribution in [2.75, 3.05) is 6.61 Å². The average molecular weight is 334 g/mol. The summed E-state index contributed by atoms with van der Waals surface area (Å²) < 4.78 is 11.8. The van der Waals surface area contributed by atoms with E-state index in [9.17, 15) is 0 Å². The van der Waals surface area contributed by atoms with Crippen LogP contribution in [0.2, 0.25) is 0 Å². The van der Waals surface area contributed by atoms with Gasteiger partial charge in [0.15, 0.2) is 0 Å². The molecule has 1 N–H and O–H groups in total. The second kappa shape index (κ2) is 6.98. The molecule has 0 aromatic heterocycles. The fourth-order valence-electron chi connectivity index (χ4n) is 3.83. The molecule has 0 saturated carbocycles. The molecule has 0 spiro atoms. The third kappa shape index (κ3) is 3.56. The van der Waals surface area contributed by atoms with Gasteiger partial charge in [-0.2, -0.15) is 0 Å². The maximum Gasteiger partial charge on any atom is 0.120 e. The summed E-state index contributed by atoms with van der Waals surface area (Å²) in [5, 5.41) is 6.06. The molecule has 2 saturated heterocycles. The van der Waals surface area contributed by atoms with E-state index in [4.69, 9.17) is 9.47 Å². The number of piperidine rings is 1. The van der Waals surface area contributed by atoms with Gasteiger partial charge in [0.2, 0.25) is 0 Å². The number of halogens is 1. The molecule has 2 aliphatic rings. The van der Waals surface area contributed by atoms with E-state index in [1.54, 1.807) is 0 Å². The maximum atomic E-state index is 6.25. The summed E-state index contributed by atoms with van der Waals surface area (Å²) in [6, 6.07) is 13.9. The zero-order chi connectivity index (χ0) is 14.9. The van der Waals surface area contributed by atoms with Crippen LogP contribution in [0.1, 0.15) is 32.6 Å². The normalized spacial score (nSPS) is 25.9. The Kier molecular flexibility index (Phi) is 4.98. The van der Waals surface area contributed by atoms with Crippen LogP contribution in [0.5, 0.6) is 11.5 Å². The van der Waals surface area contributed by atoms with E-state index in [1.807, 2.05) is 13.0 Å². The van der Waals surface area contributed by atoms with Gasteiger partial charge in [-0.05, 0) is 67.6 Å². The van der Waals surface area contributed by atoms with Gasteiger partial charge in [0, 0.05) is 12.1 Å². The van der Waals surface area contributed by atoms with Crippen molar-refractivity contribution in [3.63, 3.8) is 0 Å². The maximum absolute atomic E-state index is 6.25. The lowest BCUT2D eigenvalue weighted by atomic mass is 10.0. The van der Waals surface area contributed by atoms with Crippen LogP contribution in [0.3, 0.4) is 0 Å². The first-order valence-corrected chi connectivity index (χ1v) is 8.39. The largest absolute Gasteiger partial charge is 0.494 e. The van der Waals surface area contributed by atoms with Crippen LogP contribution in [-0.2, 0) is 0 Å². The molecule has 23 heavy (non-hydrogen) atoms. The van der Waals surface area contributed by atoms with E-state index in [0.717, 1.165) is 24.3 Å². The van der Waals surface area contributed by atoms with E-state index >= 15 is 0 Å². The lowest BCUT2D eigenvalue weighted by Gasteiger charge is -2.29. The Morgan fingerprint density at radius 1 is 0.957 bits per heavy atom. The summed E-state index contributed by atoms with van der Waals surface area (Å²) in [5.74, 6) is 1.92. The lowest BCUT2D eigenvalue weighted by molar-refractivity contribution is 0.137. The van der Waals surface area contributed by atoms with Crippen molar-refractivity contribution in [1.29, 1.82) is 0 Å². The quantitative estimate of drug-likeness (QED) is 0.903. The van der Waals surface area contributed by atoms with Gasteiger partial charge in [-0.25, -0.2) is 0 Å². The molecule has 2 aromatic carbocycles. The molecule has 2 bridgehead atoms. The first-order valence-electron chi connectivity index (χ1n) is 8.39. The molecule has 4 rings (SSSR count). The molecule has 2 aromatic rings. The van der Waals surface area contributed by atoms with E-state index in [2.05, 4.69) is 35.6 Å². The fraction of sp³-hybridized carbons (Fsp3) is 0.474. The smallest absolute Gasteiger partial charge is 0.120 e. The Morgan fingerprint density at radius 2 is 1.57 bits per heavy atom. The van der Waals surface area contributed by atoms with Crippen LogP contribution in [0.4, 0.5) is 0 Å². The molecule has 0 amide bonds. The molecular weight excluding hydrogens is 310 g/mol. The molecule has 3 nitrogen and oxygen atoms in total. The summed E-state index contributed by atoms with van der Waals surface area (Å²) in [5.41, 5.74) is 0. The van der Waals surface area contributed by atoms with Gasteiger partial charge in [0.1, 0.15) is 17.6 Å². The van der Waals surface area contributed by atoms with Crippen molar-refractivity contribution in [2.24, 2.45) is 0 Å². The Hall–Kier alpha value is -1.45. The van der Waals surface area contributed by atoms with Gasteiger partial charge in [-0.15, -0.1) is 12.4 Å². The summed E-state index contributed by atoms with van der Waals surface area (Å²) >= 11 is 0. The first-order chi connectivity index (χ1) is 10.8. The van der Waals surface area contributed by atoms with Crippen LogP contribution in [0.25, 0.3) is 10.8 Å². The van der Waals surface area contributed by atoms with Crippen LogP contribution in [0.15, 0.2) is 36.4 Å². The van der Waals surface area contributed by atoms with Gasteiger partial charge >= 0.3 is 0 Å². The third-order valence-electron chi connectivity index (χ3n) is 4.83. The van der Waals surface area contributed by atoms with Gasteiger partial charge in [0.25, 0.3) is 0 Å². The van der Waals surface area contributed by atoms with Crippen molar-refractivity contribution in [3.05, 3.63) is 36.4 Å². The molecule has 124 valence electrons. The van der Waals surface area contributed by atoms with E-state index in [-0.39, 0.29) is 12.4 Å². The molecule has 2 fully saturated rings. The van der Waals surface area contributed by atoms with Crippen molar-refractivity contribution in [1.82, 2.24) is 5.32 Å². The standard InChI is InChI=1S/C19H23NO2.ClH/c1-2-21-17-7-3-14-10-18(8-4-13(14)9-17)22-19-11-15-5-6-16(12-19)20-15;/h3-4,7-10,15-16,19-20H,2,5-6,11-12H2,1H3;1H. The molecule has 2 unspecified atom stereocenters. The molecule has 0 aliphatic carbocycles. The Bertz CT molecular complexity index is 663. The first kappa shape index (κ1) is 16.4. The summed E-state index contributed by atoms with van der Waals surface area (Å²) in [4.78, 5) is 0. The molecule has 0 radical (unpaired) electrons. The topological polar surface area (TPSA) is 30.5 Å². The highest BCUT2D eigenvalue weighted by Gasteiger charge is 2.34. The number of ether oxygens (including phenoxy) is 2. The number of hydrogen-bond acceptors (Lipinski definition) is 3. The summed E-state index contributed by atoms with van der Waals surface area (Å²) in [6.07, 6.45) is 5.25. The Morgan fingerprint density at radius 3 is 2.22 bits per heavy atom. The number of rotatable bonds is 4. The monoisotopic (exact) mass is 333 g/mol. The minimum absolute atomic E-state index is 0. The van der Waals surface area contributed by atoms with Gasteiger partial charge in [-0.1, -0.05) is 12.1 Å². The van der Waals surface area contributed by atoms with Crippen LogP contribution in [-0.4, -0.2) is 24.8 Å². The predicted octanol–water partition coefficient (Wildman–Crippen LogP) is 4.32. The number of benzene rings is 2. The Labute approximate surface area is 143 Å². The van der Waals surface area contributed by atoms with E-state index in [1.165, 1.54) is 23.6 Å². The highest BCUT2D eigenvalue weighted by Crippen LogP contribution is 2.31. The number of hydrogen-bond donors (Lipinski definition) is 1. The van der Waals surface area contributed by atoms with Gasteiger partial charge < -0.3 is 14.8 Å². The zero-order valence-electron chi connectivity index (χ0n) is 13.5. The number of fused-ring (bicyclic) bond motifs is 3. The van der Waals surface area contributed by atoms with Crippen LogP contribution in [0, 0.1) is 0 Å². The van der Waals surface area contributed by atoms with Crippen molar-refractivity contribution < 1.29 is 9.47 Å². The van der Waals surface area contributed by atoms with Gasteiger partial charge in [0.05, 0.1) is 6.61 Å². The SMILES string of the molecule is CCOc1ccc2cc(OC3CC4CCC(C3)N4)ccc2c1.Cl. The minimum atomic E-state index is 0. The second-order valence-electron chi connectivity index (χ2n) is 6.45. The summed E-state index contributed by atoms with van der Waals surface area (Å²) in [7, 11) is 0. The minimum Gasteiger partial charge on any atom is -0.494 e. The van der Waals surface area contributed by atoms with E-state index < -0.39 is 0 Å².